The van der Waals surface area contributed by atoms with Gasteiger partial charge >= 0.3 is 0 Å². The SMILES string of the molecule is Cc1ccc2c(c1C)NC(=O)[C@@]21[NH2+][C@@H](CCC(=O)[O-])[C@H]2C(=O)N(C3CCCCCC3)C(=O)[C@H]21. The summed E-state index contributed by atoms with van der Waals surface area (Å²) in [6.07, 6.45) is 5.69. The minimum atomic E-state index is -1.25. The number of carbonyl (C=O) groups excluding carboxylic acids is 4. The molecule has 1 saturated carbocycles. The lowest BCUT2D eigenvalue weighted by molar-refractivity contribution is -0.734. The van der Waals surface area contributed by atoms with Gasteiger partial charge in [0.1, 0.15) is 17.9 Å². The van der Waals surface area contributed by atoms with Crippen molar-refractivity contribution < 1.29 is 29.6 Å². The first kappa shape index (κ1) is 22.1. The van der Waals surface area contributed by atoms with Crippen LogP contribution in [0.5, 0.6) is 0 Å². The Kier molecular flexibility index (Phi) is 5.31. The van der Waals surface area contributed by atoms with Gasteiger partial charge in [-0.1, -0.05) is 31.7 Å². The van der Waals surface area contributed by atoms with Crippen LogP contribution in [-0.2, 0) is 24.7 Å². The molecule has 0 unspecified atom stereocenters. The molecule has 1 aliphatic carbocycles. The summed E-state index contributed by atoms with van der Waals surface area (Å²) in [6.45, 7) is 3.90. The lowest BCUT2D eigenvalue weighted by Gasteiger charge is -2.30. The van der Waals surface area contributed by atoms with Crippen LogP contribution in [0.15, 0.2) is 12.1 Å². The molecule has 3 amide bonds. The first-order valence-corrected chi connectivity index (χ1v) is 12.1. The van der Waals surface area contributed by atoms with Crippen LogP contribution in [0.25, 0.3) is 0 Å². The van der Waals surface area contributed by atoms with Crippen LogP contribution in [0.4, 0.5) is 5.69 Å². The second-order valence-electron chi connectivity index (χ2n) is 10.2. The Balaban J connectivity index is 1.61. The summed E-state index contributed by atoms with van der Waals surface area (Å²) in [5.41, 5.74) is 2.16. The highest BCUT2D eigenvalue weighted by atomic mass is 16.4. The fraction of sp³-hybridized carbons (Fsp3) is 0.600. The number of likely N-dealkylation sites (tertiary alicyclic amines) is 1. The number of imide groups is 1. The van der Waals surface area contributed by atoms with Gasteiger partial charge in [-0.3, -0.25) is 19.3 Å². The Bertz CT molecular complexity index is 1040. The van der Waals surface area contributed by atoms with Crippen LogP contribution in [-0.4, -0.2) is 40.7 Å². The van der Waals surface area contributed by atoms with Gasteiger partial charge in [0, 0.05) is 24.0 Å². The Hall–Kier alpha value is -2.74. The van der Waals surface area contributed by atoms with Crippen LogP contribution >= 0.6 is 0 Å². The first-order valence-electron chi connectivity index (χ1n) is 12.1. The van der Waals surface area contributed by atoms with E-state index < -0.39 is 29.4 Å². The van der Waals surface area contributed by atoms with E-state index in [1.165, 1.54) is 4.90 Å². The lowest BCUT2D eigenvalue weighted by atomic mass is 9.76. The average Bonchev–Trinajstić information content (AvgIpc) is 3.24. The highest BCUT2D eigenvalue weighted by Gasteiger charge is 2.74. The number of hydrogen-bond donors (Lipinski definition) is 2. The molecule has 5 rings (SSSR count). The van der Waals surface area contributed by atoms with Crippen molar-refractivity contribution in [1.82, 2.24) is 4.90 Å². The zero-order chi connectivity index (χ0) is 23.5. The van der Waals surface area contributed by atoms with Gasteiger partial charge in [-0.05, 0) is 50.3 Å². The Morgan fingerprint density at radius 2 is 1.82 bits per heavy atom. The number of nitrogens with one attached hydrogen (secondary N) is 1. The minimum Gasteiger partial charge on any atom is -0.550 e. The number of carboxylic acid groups (broad SMARTS) is 1. The molecule has 1 aromatic rings. The number of nitrogens with two attached hydrogens (primary N) is 1. The number of aryl methyl sites for hydroxylation is 1. The summed E-state index contributed by atoms with van der Waals surface area (Å²) < 4.78 is 0. The van der Waals surface area contributed by atoms with Crippen molar-refractivity contribution in [3.8, 4) is 0 Å². The Labute approximate surface area is 193 Å². The van der Waals surface area contributed by atoms with Crippen molar-refractivity contribution in [3.05, 3.63) is 28.8 Å². The molecule has 2 saturated heterocycles. The lowest BCUT2D eigenvalue weighted by Crippen LogP contribution is -2.99. The summed E-state index contributed by atoms with van der Waals surface area (Å²) in [7, 11) is 0. The standard InChI is InChI=1S/C25H31N3O5/c1-13-9-10-16-21(14(13)2)26-24(33)25(16)20-19(17(27-25)11-12-18(29)30)22(31)28(23(20)32)15-7-5-3-4-6-8-15/h9-10,15,17,19-20,27H,3-8,11-12H2,1-2H3,(H,26,33)(H,29,30)/t17-,19+,20-,25+/m0/s1. The number of anilines is 1. The van der Waals surface area contributed by atoms with Crippen molar-refractivity contribution in [3.63, 3.8) is 0 Å². The summed E-state index contributed by atoms with van der Waals surface area (Å²) in [6, 6.07) is 3.22. The summed E-state index contributed by atoms with van der Waals surface area (Å²) in [5, 5.41) is 16.0. The maximum absolute atomic E-state index is 13.9. The van der Waals surface area contributed by atoms with E-state index in [1.807, 2.05) is 26.0 Å². The molecule has 8 nitrogen and oxygen atoms in total. The van der Waals surface area contributed by atoms with E-state index >= 15 is 0 Å². The fourth-order valence-corrected chi connectivity index (χ4v) is 6.73. The number of benzene rings is 1. The maximum Gasteiger partial charge on any atom is 0.291 e. The van der Waals surface area contributed by atoms with Crippen molar-refractivity contribution in [2.24, 2.45) is 11.8 Å². The molecule has 1 spiro atoms. The van der Waals surface area contributed by atoms with Crippen molar-refractivity contribution >= 4 is 29.4 Å². The number of fused-ring (bicyclic) bond motifs is 4. The molecular weight excluding hydrogens is 422 g/mol. The van der Waals surface area contributed by atoms with E-state index in [4.69, 9.17) is 0 Å². The smallest absolute Gasteiger partial charge is 0.291 e. The second-order valence-corrected chi connectivity index (χ2v) is 10.2. The number of quaternary nitrogens is 1. The number of amides is 3. The summed E-state index contributed by atoms with van der Waals surface area (Å²) in [4.78, 5) is 53.9. The molecular formula is C25H31N3O5. The zero-order valence-electron chi connectivity index (χ0n) is 19.2. The number of carboxylic acids is 1. The van der Waals surface area contributed by atoms with Gasteiger partial charge < -0.3 is 20.5 Å². The molecule has 4 aliphatic rings. The van der Waals surface area contributed by atoms with Gasteiger partial charge in [0.2, 0.25) is 17.4 Å². The van der Waals surface area contributed by atoms with Gasteiger partial charge in [0.15, 0.2) is 0 Å². The van der Waals surface area contributed by atoms with Crippen LogP contribution in [0.1, 0.15) is 68.1 Å². The monoisotopic (exact) mass is 453 g/mol. The molecule has 176 valence electrons. The highest BCUT2D eigenvalue weighted by molar-refractivity contribution is 6.14. The third-order valence-electron chi connectivity index (χ3n) is 8.48. The molecule has 3 N–H and O–H groups in total. The van der Waals surface area contributed by atoms with E-state index in [1.54, 1.807) is 5.32 Å². The van der Waals surface area contributed by atoms with E-state index in [2.05, 4.69) is 5.32 Å². The zero-order valence-corrected chi connectivity index (χ0v) is 19.2. The van der Waals surface area contributed by atoms with Gasteiger partial charge in [-0.25, -0.2) is 0 Å². The van der Waals surface area contributed by atoms with Gasteiger partial charge in [0.25, 0.3) is 5.91 Å². The van der Waals surface area contributed by atoms with Crippen molar-refractivity contribution in [2.45, 2.75) is 82.8 Å². The quantitative estimate of drug-likeness (QED) is 0.500. The molecule has 3 aliphatic heterocycles. The van der Waals surface area contributed by atoms with Crippen LogP contribution in [0.2, 0.25) is 0 Å². The Morgan fingerprint density at radius 1 is 1.12 bits per heavy atom. The molecule has 0 radical (unpaired) electrons. The molecule has 0 aromatic heterocycles. The molecule has 8 heteroatoms. The van der Waals surface area contributed by atoms with E-state index in [-0.39, 0.29) is 36.6 Å². The van der Waals surface area contributed by atoms with Crippen molar-refractivity contribution in [2.75, 3.05) is 5.32 Å². The van der Waals surface area contributed by atoms with E-state index in [9.17, 15) is 24.3 Å². The summed E-state index contributed by atoms with van der Waals surface area (Å²) >= 11 is 0. The minimum absolute atomic E-state index is 0.138. The molecule has 3 heterocycles. The molecule has 0 bridgehead atoms. The van der Waals surface area contributed by atoms with Crippen molar-refractivity contribution in [1.29, 1.82) is 0 Å². The van der Waals surface area contributed by atoms with E-state index in [0.717, 1.165) is 55.2 Å². The first-order chi connectivity index (χ1) is 15.8. The molecule has 3 fully saturated rings. The number of nitrogens with zero attached hydrogens (tertiary/aromatic N) is 1. The van der Waals surface area contributed by atoms with Crippen LogP contribution in [0.3, 0.4) is 0 Å². The maximum atomic E-state index is 13.9. The predicted octanol–water partition coefficient (Wildman–Crippen LogP) is 0.251. The third kappa shape index (κ3) is 3.14. The summed E-state index contributed by atoms with van der Waals surface area (Å²) in [5.74, 6) is -3.53. The topological polar surface area (TPSA) is 123 Å². The Morgan fingerprint density at radius 3 is 2.48 bits per heavy atom. The number of carbonyl (C=O) groups is 4. The third-order valence-corrected chi connectivity index (χ3v) is 8.48. The van der Waals surface area contributed by atoms with Gasteiger partial charge in [0.05, 0.1) is 5.69 Å². The normalized spacial score (nSPS) is 31.6. The van der Waals surface area contributed by atoms with Crippen LogP contribution in [0, 0.1) is 25.7 Å². The van der Waals surface area contributed by atoms with Gasteiger partial charge in [-0.15, -0.1) is 0 Å². The average molecular weight is 454 g/mol. The number of aliphatic carboxylic acids is 1. The fourth-order valence-electron chi connectivity index (χ4n) is 6.73. The van der Waals surface area contributed by atoms with Gasteiger partial charge in [-0.2, -0.15) is 0 Å². The number of hydrogen-bond acceptors (Lipinski definition) is 5. The highest BCUT2D eigenvalue weighted by Crippen LogP contribution is 2.51. The largest absolute Gasteiger partial charge is 0.550 e. The van der Waals surface area contributed by atoms with Crippen LogP contribution < -0.4 is 15.7 Å². The second kappa shape index (κ2) is 7.94. The predicted molar refractivity (Wildman–Crippen MR) is 117 cm³/mol. The van der Waals surface area contributed by atoms with E-state index in [0.29, 0.717) is 5.69 Å². The molecule has 1 aromatic carbocycles. The molecule has 4 atom stereocenters. The number of rotatable bonds is 4. The molecule has 33 heavy (non-hydrogen) atoms.